The summed E-state index contributed by atoms with van der Waals surface area (Å²) in [6.07, 6.45) is 4.10. The Balaban J connectivity index is 2.34. The van der Waals surface area contributed by atoms with Gasteiger partial charge in [-0.15, -0.1) is 0 Å². The van der Waals surface area contributed by atoms with Crippen molar-refractivity contribution in [1.29, 1.82) is 0 Å². The number of rotatable bonds is 4. The second-order valence-electron chi connectivity index (χ2n) is 6.55. The maximum atomic E-state index is 3.75. The second kappa shape index (κ2) is 5.50. The Labute approximate surface area is 102 Å². The molecule has 1 aliphatic carbocycles. The van der Waals surface area contributed by atoms with E-state index < -0.39 is 0 Å². The van der Waals surface area contributed by atoms with Gasteiger partial charge in [0.25, 0.3) is 0 Å². The zero-order valence-corrected chi connectivity index (χ0v) is 12.0. The Kier molecular flexibility index (Phi) is 4.81. The van der Waals surface area contributed by atoms with Crippen LogP contribution in [0, 0.1) is 11.8 Å². The van der Waals surface area contributed by atoms with Crippen LogP contribution in [0.3, 0.4) is 0 Å². The lowest BCUT2D eigenvalue weighted by Crippen LogP contribution is -2.50. The Morgan fingerprint density at radius 1 is 1.12 bits per heavy atom. The Hall–Kier alpha value is -0.0800. The third kappa shape index (κ3) is 3.74. The van der Waals surface area contributed by atoms with Crippen molar-refractivity contribution in [1.82, 2.24) is 10.2 Å². The molecule has 96 valence electrons. The van der Waals surface area contributed by atoms with Crippen LogP contribution >= 0.6 is 0 Å². The third-order valence-electron chi connectivity index (χ3n) is 4.63. The summed E-state index contributed by atoms with van der Waals surface area (Å²) < 4.78 is 0. The van der Waals surface area contributed by atoms with Gasteiger partial charge in [0.05, 0.1) is 0 Å². The fourth-order valence-electron chi connectivity index (χ4n) is 2.29. The molecule has 1 saturated carbocycles. The van der Waals surface area contributed by atoms with E-state index in [1.807, 2.05) is 0 Å². The van der Waals surface area contributed by atoms with Crippen molar-refractivity contribution in [3.8, 4) is 0 Å². The molecular weight excluding hydrogens is 196 g/mol. The average Bonchev–Trinajstić information content (AvgIpc) is 2.20. The van der Waals surface area contributed by atoms with Gasteiger partial charge in [0.1, 0.15) is 0 Å². The Morgan fingerprint density at radius 2 is 1.75 bits per heavy atom. The van der Waals surface area contributed by atoms with Gasteiger partial charge in [0.15, 0.2) is 0 Å². The first-order valence-corrected chi connectivity index (χ1v) is 6.73. The monoisotopic (exact) mass is 226 g/mol. The molecule has 0 heterocycles. The lowest BCUT2D eigenvalue weighted by molar-refractivity contribution is 0.163. The van der Waals surface area contributed by atoms with Crippen molar-refractivity contribution < 1.29 is 0 Å². The minimum absolute atomic E-state index is 0.256. The fourth-order valence-corrected chi connectivity index (χ4v) is 2.29. The molecule has 0 bridgehead atoms. The lowest BCUT2D eigenvalue weighted by Gasteiger charge is -2.37. The minimum atomic E-state index is 0.256. The fraction of sp³-hybridized carbons (Fsp3) is 1.00. The molecule has 0 radical (unpaired) electrons. The maximum absolute atomic E-state index is 3.75. The summed E-state index contributed by atoms with van der Waals surface area (Å²) in [4.78, 5) is 2.30. The van der Waals surface area contributed by atoms with E-state index in [2.05, 4.69) is 52.0 Å². The van der Waals surface area contributed by atoms with E-state index >= 15 is 0 Å². The molecule has 0 aromatic rings. The van der Waals surface area contributed by atoms with Crippen molar-refractivity contribution in [3.05, 3.63) is 0 Å². The van der Waals surface area contributed by atoms with Crippen LogP contribution in [0.2, 0.25) is 0 Å². The Bertz CT molecular complexity index is 211. The summed E-state index contributed by atoms with van der Waals surface area (Å²) >= 11 is 0. The number of likely N-dealkylation sites (N-methyl/N-ethyl adjacent to an activating group) is 1. The zero-order valence-electron chi connectivity index (χ0n) is 12.0. The topological polar surface area (TPSA) is 15.3 Å². The van der Waals surface area contributed by atoms with E-state index in [1.54, 1.807) is 0 Å². The van der Waals surface area contributed by atoms with Crippen LogP contribution in [0.5, 0.6) is 0 Å². The first kappa shape index (κ1) is 14.0. The third-order valence-corrected chi connectivity index (χ3v) is 4.63. The highest BCUT2D eigenvalue weighted by molar-refractivity contribution is 4.85. The molecular formula is C14H30N2. The first-order valence-electron chi connectivity index (χ1n) is 6.73. The van der Waals surface area contributed by atoms with Gasteiger partial charge in [-0.2, -0.15) is 0 Å². The highest BCUT2D eigenvalue weighted by atomic mass is 15.2. The van der Waals surface area contributed by atoms with Crippen molar-refractivity contribution in [3.63, 3.8) is 0 Å². The summed E-state index contributed by atoms with van der Waals surface area (Å²) in [6.45, 7) is 10.5. The maximum Gasteiger partial charge on any atom is 0.0271 e. The van der Waals surface area contributed by atoms with Gasteiger partial charge < -0.3 is 10.2 Å². The molecule has 1 fully saturated rings. The molecule has 3 atom stereocenters. The molecule has 1 N–H and O–H groups in total. The normalized spacial score (nSPS) is 32.1. The second-order valence-corrected chi connectivity index (χ2v) is 6.55. The SMILES string of the molecule is CC1CCC(NCC(C)(C)N(C)C)CC1C. The molecule has 2 nitrogen and oxygen atoms in total. The predicted octanol–water partition coefficient (Wildman–Crippen LogP) is 2.74. The highest BCUT2D eigenvalue weighted by Gasteiger charge is 2.26. The molecule has 0 amide bonds. The molecule has 1 rings (SSSR count). The van der Waals surface area contributed by atoms with Crippen molar-refractivity contribution in [2.45, 2.75) is 58.5 Å². The summed E-state index contributed by atoms with van der Waals surface area (Å²) in [7, 11) is 4.32. The van der Waals surface area contributed by atoms with Gasteiger partial charge in [0, 0.05) is 18.1 Å². The van der Waals surface area contributed by atoms with Gasteiger partial charge >= 0.3 is 0 Å². The van der Waals surface area contributed by atoms with E-state index in [0.29, 0.717) is 0 Å². The molecule has 0 aromatic carbocycles. The molecule has 2 heteroatoms. The number of hydrogen-bond acceptors (Lipinski definition) is 2. The molecule has 0 saturated heterocycles. The van der Waals surface area contributed by atoms with E-state index in [9.17, 15) is 0 Å². The van der Waals surface area contributed by atoms with Crippen LogP contribution in [-0.4, -0.2) is 37.1 Å². The summed E-state index contributed by atoms with van der Waals surface area (Å²) in [5, 5.41) is 3.75. The van der Waals surface area contributed by atoms with E-state index in [4.69, 9.17) is 0 Å². The minimum Gasteiger partial charge on any atom is -0.312 e. The Morgan fingerprint density at radius 3 is 2.25 bits per heavy atom. The van der Waals surface area contributed by atoms with E-state index in [0.717, 1.165) is 24.4 Å². The molecule has 16 heavy (non-hydrogen) atoms. The van der Waals surface area contributed by atoms with Crippen LogP contribution in [0.4, 0.5) is 0 Å². The van der Waals surface area contributed by atoms with E-state index in [1.165, 1.54) is 19.3 Å². The predicted molar refractivity (Wildman–Crippen MR) is 71.7 cm³/mol. The molecule has 3 unspecified atom stereocenters. The molecule has 1 aliphatic rings. The molecule has 0 spiro atoms. The van der Waals surface area contributed by atoms with Gasteiger partial charge in [0.2, 0.25) is 0 Å². The average molecular weight is 226 g/mol. The standard InChI is InChI=1S/C14H30N2/c1-11-7-8-13(9-12(11)2)15-10-14(3,4)16(5)6/h11-13,15H,7-10H2,1-6H3. The van der Waals surface area contributed by atoms with Crippen LogP contribution < -0.4 is 5.32 Å². The number of hydrogen-bond donors (Lipinski definition) is 1. The molecule has 0 aliphatic heterocycles. The summed E-state index contributed by atoms with van der Waals surface area (Å²) in [5.41, 5.74) is 0.256. The van der Waals surface area contributed by atoms with Crippen LogP contribution in [0.25, 0.3) is 0 Å². The number of nitrogens with one attached hydrogen (secondary N) is 1. The van der Waals surface area contributed by atoms with Crippen molar-refractivity contribution >= 4 is 0 Å². The van der Waals surface area contributed by atoms with Crippen molar-refractivity contribution in [2.75, 3.05) is 20.6 Å². The van der Waals surface area contributed by atoms with Gasteiger partial charge in [-0.25, -0.2) is 0 Å². The number of nitrogens with zero attached hydrogens (tertiary/aromatic N) is 1. The zero-order chi connectivity index (χ0) is 12.3. The molecule has 0 aromatic heterocycles. The largest absolute Gasteiger partial charge is 0.312 e. The smallest absolute Gasteiger partial charge is 0.0271 e. The summed E-state index contributed by atoms with van der Waals surface area (Å²) in [5.74, 6) is 1.80. The summed E-state index contributed by atoms with van der Waals surface area (Å²) in [6, 6.07) is 0.741. The van der Waals surface area contributed by atoms with Gasteiger partial charge in [-0.3, -0.25) is 0 Å². The van der Waals surface area contributed by atoms with Crippen LogP contribution in [0.15, 0.2) is 0 Å². The van der Waals surface area contributed by atoms with Crippen LogP contribution in [0.1, 0.15) is 47.0 Å². The van der Waals surface area contributed by atoms with Gasteiger partial charge in [-0.1, -0.05) is 13.8 Å². The lowest BCUT2D eigenvalue weighted by atomic mass is 9.79. The quantitative estimate of drug-likeness (QED) is 0.793. The van der Waals surface area contributed by atoms with Crippen molar-refractivity contribution in [2.24, 2.45) is 11.8 Å². The van der Waals surface area contributed by atoms with E-state index in [-0.39, 0.29) is 5.54 Å². The van der Waals surface area contributed by atoms with Crippen LogP contribution in [-0.2, 0) is 0 Å². The first-order chi connectivity index (χ1) is 7.33. The highest BCUT2D eigenvalue weighted by Crippen LogP contribution is 2.29. The van der Waals surface area contributed by atoms with Gasteiger partial charge in [-0.05, 0) is 59.0 Å².